The molecule has 386 valence electrons. The van der Waals surface area contributed by atoms with Crippen molar-refractivity contribution in [3.8, 4) is 0 Å². The van der Waals surface area contributed by atoms with Crippen LogP contribution in [0.25, 0.3) is 0 Å². The second-order valence-corrected chi connectivity index (χ2v) is 18.3. The molecule has 0 amide bonds. The summed E-state index contributed by atoms with van der Waals surface area (Å²) >= 11 is 0. The molecule has 0 saturated carbocycles. The number of unbranched alkanes of at least 4 members (excludes halogenated alkanes) is 4. The monoisotopic (exact) mass is 997 g/mol. The van der Waals surface area contributed by atoms with E-state index in [2.05, 4.69) is 123 Å². The van der Waals surface area contributed by atoms with E-state index in [0.29, 0.717) is 25.7 Å². The van der Waals surface area contributed by atoms with Crippen LogP contribution in [0.15, 0.2) is 122 Å². The van der Waals surface area contributed by atoms with Gasteiger partial charge in [0, 0.05) is 12.8 Å². The highest BCUT2D eigenvalue weighted by atomic mass is 31.2. The Hall–Kier alpha value is -3.56. The van der Waals surface area contributed by atoms with E-state index in [4.69, 9.17) is 9.47 Å². The maximum absolute atomic E-state index is 12.2. The summed E-state index contributed by atoms with van der Waals surface area (Å²) in [5, 5.41) is 30.0. The van der Waals surface area contributed by atoms with Gasteiger partial charge in [0.15, 0.2) is 0 Å². The van der Waals surface area contributed by atoms with E-state index in [0.717, 1.165) is 57.8 Å². The Morgan fingerprint density at radius 2 is 0.691 bits per heavy atom. The lowest BCUT2D eigenvalue weighted by atomic mass is 10.2. The largest absolute Gasteiger partial charge is 0.472 e. The summed E-state index contributed by atoms with van der Waals surface area (Å²) < 4.78 is 52.9. The third-order valence-corrected chi connectivity index (χ3v) is 10.8. The lowest BCUT2D eigenvalue weighted by Gasteiger charge is -2.19. The molecule has 0 radical (unpaired) electrons. The number of phosphoric acid groups is 2. The van der Waals surface area contributed by atoms with Gasteiger partial charge in [0.1, 0.15) is 31.5 Å². The van der Waals surface area contributed by atoms with Gasteiger partial charge in [-0.15, -0.1) is 0 Å². The number of hydrogen-bond donors (Lipinski definition) is 5. The third kappa shape index (κ3) is 47.5. The summed E-state index contributed by atoms with van der Waals surface area (Å²) in [4.78, 5) is 43.7. The van der Waals surface area contributed by atoms with Crippen LogP contribution in [0.1, 0.15) is 129 Å². The maximum atomic E-state index is 12.2. The highest BCUT2D eigenvalue weighted by Crippen LogP contribution is 2.45. The van der Waals surface area contributed by atoms with Gasteiger partial charge in [0.05, 0.1) is 26.4 Å². The molecule has 0 saturated heterocycles. The van der Waals surface area contributed by atoms with Gasteiger partial charge < -0.3 is 34.6 Å². The standard InChI is InChI=1S/C51H82O15P2/c1-3-5-7-9-11-13-15-17-19-21-22-24-26-28-30-32-34-36-38-40-51(56)62-42-48(53)44-64-68(59,60)66-46-49(54)45-65-67(57,58)63-43-47(52)41-61-50(55)39-37-35-33-31-29-27-25-23-20-18-16-14-12-10-8-6-4-2/h5,7,11-14,17-20,22,24-25,27-28,30-31,33-34,36,47-49,52-54H,3-4,6,8-10,15-16,21,23,26,29,32,35,37-46H2,1-2H3,(H,57,58)(H,59,60)/b7-5-,13-11-,14-12-,19-17-,20-18-,24-22-,27-25-,30-28-,33-31-,36-34-. The second-order valence-electron chi connectivity index (χ2n) is 15.4. The second kappa shape index (κ2) is 45.9. The maximum Gasteiger partial charge on any atom is 0.472 e. The number of phosphoric ester groups is 2. The smallest absolute Gasteiger partial charge is 0.463 e. The highest BCUT2D eigenvalue weighted by Gasteiger charge is 2.28. The Bertz CT molecular complexity index is 1680. The zero-order chi connectivity index (χ0) is 50.2. The molecule has 0 aromatic heterocycles. The Labute approximate surface area is 406 Å². The number of esters is 2. The molecule has 5 N–H and O–H groups in total. The number of rotatable bonds is 44. The van der Waals surface area contributed by atoms with E-state index in [-0.39, 0.29) is 12.8 Å². The summed E-state index contributed by atoms with van der Waals surface area (Å²) in [5.74, 6) is -1.14. The molecule has 0 aromatic rings. The Morgan fingerprint density at radius 1 is 0.397 bits per heavy atom. The van der Waals surface area contributed by atoms with Crippen LogP contribution in [-0.2, 0) is 46.3 Å². The van der Waals surface area contributed by atoms with Crippen LogP contribution in [0.2, 0.25) is 0 Å². The molecule has 0 fully saturated rings. The zero-order valence-electron chi connectivity index (χ0n) is 40.5. The highest BCUT2D eigenvalue weighted by molar-refractivity contribution is 7.47. The topological polar surface area (TPSA) is 225 Å². The Kier molecular flexibility index (Phi) is 43.5. The molecule has 5 atom stereocenters. The van der Waals surface area contributed by atoms with Gasteiger partial charge in [0.2, 0.25) is 0 Å². The minimum absolute atomic E-state index is 0.0633. The number of ether oxygens (including phenoxy) is 2. The summed E-state index contributed by atoms with van der Waals surface area (Å²) in [5.41, 5.74) is 0. The van der Waals surface area contributed by atoms with E-state index >= 15 is 0 Å². The molecule has 0 rings (SSSR count). The van der Waals surface area contributed by atoms with Crippen molar-refractivity contribution in [2.24, 2.45) is 0 Å². The molecule has 0 heterocycles. The van der Waals surface area contributed by atoms with Crippen molar-refractivity contribution < 1.29 is 71.4 Å². The SMILES string of the molecule is CC/C=C\C/C=C\C/C=C\C/C=C\C/C=C\C/C=C\CCC(=O)OCC(O)COP(=O)(O)OCC(O)COP(=O)(O)OCC(O)COC(=O)CCC/C=C\C/C=C\C/C=C\C/C=C\CCCCC. The number of hydrogen-bond acceptors (Lipinski definition) is 13. The number of carbonyl (C=O) groups is 2. The van der Waals surface area contributed by atoms with Crippen LogP contribution >= 0.6 is 15.6 Å². The van der Waals surface area contributed by atoms with Gasteiger partial charge in [0.25, 0.3) is 0 Å². The van der Waals surface area contributed by atoms with Crippen LogP contribution in [0, 0.1) is 0 Å². The lowest BCUT2D eigenvalue weighted by molar-refractivity contribution is -0.148. The first-order chi connectivity index (χ1) is 32.8. The van der Waals surface area contributed by atoms with Crippen molar-refractivity contribution >= 4 is 27.6 Å². The van der Waals surface area contributed by atoms with Crippen molar-refractivity contribution in [3.05, 3.63) is 122 Å². The van der Waals surface area contributed by atoms with Crippen molar-refractivity contribution in [1.82, 2.24) is 0 Å². The fraction of sp³-hybridized carbons (Fsp3) is 0.569. The summed E-state index contributed by atoms with van der Waals surface area (Å²) in [6.07, 6.45) is 52.1. The molecule has 0 aliphatic rings. The number of aliphatic hydroxyl groups is 3. The number of aliphatic hydroxyl groups excluding tert-OH is 3. The van der Waals surface area contributed by atoms with Crippen molar-refractivity contribution in [3.63, 3.8) is 0 Å². The van der Waals surface area contributed by atoms with E-state index in [1.807, 2.05) is 30.4 Å². The minimum Gasteiger partial charge on any atom is -0.463 e. The first-order valence-electron chi connectivity index (χ1n) is 23.9. The molecule has 0 aliphatic carbocycles. The van der Waals surface area contributed by atoms with Crippen LogP contribution in [0.5, 0.6) is 0 Å². The van der Waals surface area contributed by atoms with Crippen LogP contribution in [0.4, 0.5) is 0 Å². The van der Waals surface area contributed by atoms with E-state index in [1.54, 1.807) is 0 Å². The van der Waals surface area contributed by atoms with Crippen molar-refractivity contribution in [1.29, 1.82) is 0 Å². The number of carbonyl (C=O) groups excluding carboxylic acids is 2. The third-order valence-electron chi connectivity index (χ3n) is 8.91. The molecule has 17 heteroatoms. The average molecular weight is 997 g/mol. The molecular weight excluding hydrogens is 914 g/mol. The van der Waals surface area contributed by atoms with Gasteiger partial charge >= 0.3 is 27.6 Å². The van der Waals surface area contributed by atoms with E-state index < -0.39 is 85.5 Å². The Morgan fingerprint density at radius 3 is 1.04 bits per heavy atom. The van der Waals surface area contributed by atoms with E-state index in [1.165, 1.54) is 19.3 Å². The molecule has 0 aliphatic heterocycles. The lowest BCUT2D eigenvalue weighted by Crippen LogP contribution is -2.25. The van der Waals surface area contributed by atoms with Crippen molar-refractivity contribution in [2.45, 2.75) is 148 Å². The first kappa shape index (κ1) is 64.4. The fourth-order valence-corrected chi connectivity index (χ4v) is 6.82. The van der Waals surface area contributed by atoms with Crippen LogP contribution in [0.3, 0.4) is 0 Å². The quantitative estimate of drug-likeness (QED) is 0.0166. The fourth-order valence-electron chi connectivity index (χ4n) is 5.23. The molecule has 5 unspecified atom stereocenters. The molecule has 0 aromatic carbocycles. The molecule has 0 bridgehead atoms. The van der Waals surface area contributed by atoms with Crippen molar-refractivity contribution in [2.75, 3.05) is 39.6 Å². The minimum atomic E-state index is -4.81. The summed E-state index contributed by atoms with van der Waals surface area (Å²) in [7, 11) is -9.63. The van der Waals surface area contributed by atoms with Gasteiger partial charge in [-0.3, -0.25) is 27.7 Å². The molecule has 15 nitrogen and oxygen atoms in total. The predicted octanol–water partition coefficient (Wildman–Crippen LogP) is 11.0. The zero-order valence-corrected chi connectivity index (χ0v) is 42.3. The van der Waals surface area contributed by atoms with E-state index in [9.17, 15) is 43.8 Å². The average Bonchev–Trinajstić information content (AvgIpc) is 3.31. The molecule has 0 spiro atoms. The van der Waals surface area contributed by atoms with Gasteiger partial charge in [-0.05, 0) is 89.9 Å². The summed E-state index contributed by atoms with van der Waals surface area (Å²) in [6.45, 7) is 0.0808. The van der Waals surface area contributed by atoms with Crippen LogP contribution < -0.4 is 0 Å². The predicted molar refractivity (Wildman–Crippen MR) is 269 cm³/mol. The normalized spacial score (nSPS) is 16.0. The van der Waals surface area contributed by atoms with Crippen LogP contribution in [-0.4, -0.2) is 95.0 Å². The summed E-state index contributed by atoms with van der Waals surface area (Å²) in [6, 6.07) is 0. The first-order valence-corrected chi connectivity index (χ1v) is 26.9. The van der Waals surface area contributed by atoms with Gasteiger partial charge in [-0.1, -0.05) is 148 Å². The molecular formula is C51H82O15P2. The van der Waals surface area contributed by atoms with Gasteiger partial charge in [-0.2, -0.15) is 0 Å². The number of allylic oxidation sites excluding steroid dienone is 20. The molecule has 68 heavy (non-hydrogen) atoms. The Balaban J connectivity index is 4.04. The van der Waals surface area contributed by atoms with Gasteiger partial charge in [-0.25, -0.2) is 9.13 Å².